The maximum absolute atomic E-state index is 5.35. The molecule has 1 aliphatic rings. The number of methoxy groups -OCH3 is 1. The van der Waals surface area contributed by atoms with Crippen LogP contribution in [-0.4, -0.2) is 19.7 Å². The Labute approximate surface area is 119 Å². The van der Waals surface area contributed by atoms with Crippen molar-refractivity contribution in [2.24, 2.45) is 0 Å². The van der Waals surface area contributed by atoms with E-state index >= 15 is 0 Å². The third kappa shape index (κ3) is 3.05. The van der Waals surface area contributed by atoms with Gasteiger partial charge in [0.25, 0.3) is 0 Å². The first-order valence-corrected chi connectivity index (χ1v) is 7.26. The zero-order chi connectivity index (χ0) is 13.8. The molecule has 1 unspecified atom stereocenters. The van der Waals surface area contributed by atoms with Gasteiger partial charge in [-0.05, 0) is 54.7 Å². The summed E-state index contributed by atoms with van der Waals surface area (Å²) in [5, 5.41) is 3.64. The predicted octanol–water partition coefficient (Wildman–Crippen LogP) is 2.98. The van der Waals surface area contributed by atoms with Crippen molar-refractivity contribution in [3.05, 3.63) is 53.5 Å². The van der Waals surface area contributed by atoms with Gasteiger partial charge in [-0.2, -0.15) is 0 Å². The summed E-state index contributed by atoms with van der Waals surface area (Å²) in [6.07, 6.45) is 6.13. The molecule has 0 spiro atoms. The lowest BCUT2D eigenvalue weighted by atomic mass is 9.88. The van der Waals surface area contributed by atoms with Crippen molar-refractivity contribution in [2.75, 3.05) is 13.7 Å². The largest absolute Gasteiger partial charge is 0.497 e. The van der Waals surface area contributed by atoms with E-state index in [9.17, 15) is 0 Å². The fourth-order valence-electron chi connectivity index (χ4n) is 2.89. The average Bonchev–Trinajstić information content (AvgIpc) is 3.00. The van der Waals surface area contributed by atoms with Crippen LogP contribution in [0.15, 0.2) is 41.0 Å². The Morgan fingerprint density at radius 3 is 3.05 bits per heavy atom. The van der Waals surface area contributed by atoms with E-state index in [1.165, 1.54) is 17.5 Å². The lowest BCUT2D eigenvalue weighted by molar-refractivity contribution is 0.410. The standard InChI is InChI=1S/C17H21NO2/c1-19-17-7-5-13-4-6-15(11-14(13)12-17)18-9-8-16-3-2-10-20-16/h2-3,5,7,10,12,15,18H,4,6,8-9,11H2,1H3. The van der Waals surface area contributed by atoms with Crippen molar-refractivity contribution in [3.63, 3.8) is 0 Å². The van der Waals surface area contributed by atoms with Gasteiger partial charge in [0.15, 0.2) is 0 Å². The minimum absolute atomic E-state index is 0.560. The molecule has 1 aromatic heterocycles. The van der Waals surface area contributed by atoms with Gasteiger partial charge in [0, 0.05) is 19.0 Å². The minimum Gasteiger partial charge on any atom is -0.497 e. The van der Waals surface area contributed by atoms with Crippen molar-refractivity contribution in [3.8, 4) is 5.75 Å². The van der Waals surface area contributed by atoms with Crippen LogP contribution in [0.3, 0.4) is 0 Å². The SMILES string of the molecule is COc1ccc2c(c1)CC(NCCc1ccco1)CC2. The Hall–Kier alpha value is -1.74. The molecule has 1 aromatic carbocycles. The number of aryl methyl sites for hydroxylation is 1. The van der Waals surface area contributed by atoms with Gasteiger partial charge >= 0.3 is 0 Å². The molecule has 2 aromatic rings. The summed E-state index contributed by atoms with van der Waals surface area (Å²) in [6.45, 7) is 0.970. The van der Waals surface area contributed by atoms with Gasteiger partial charge in [-0.3, -0.25) is 0 Å². The molecule has 0 amide bonds. The number of benzene rings is 1. The molecular weight excluding hydrogens is 250 g/mol. The van der Waals surface area contributed by atoms with Crippen molar-refractivity contribution in [2.45, 2.75) is 31.7 Å². The molecule has 1 atom stereocenters. The fraction of sp³-hybridized carbons (Fsp3) is 0.412. The summed E-state index contributed by atoms with van der Waals surface area (Å²) in [5.41, 5.74) is 2.89. The van der Waals surface area contributed by atoms with Crippen LogP contribution in [0.1, 0.15) is 23.3 Å². The van der Waals surface area contributed by atoms with Crippen molar-refractivity contribution < 1.29 is 9.15 Å². The third-order valence-electron chi connectivity index (χ3n) is 4.03. The lowest BCUT2D eigenvalue weighted by Gasteiger charge is -2.26. The van der Waals surface area contributed by atoms with Crippen LogP contribution in [-0.2, 0) is 19.3 Å². The molecule has 3 heteroatoms. The molecule has 0 saturated carbocycles. The second-order valence-corrected chi connectivity index (χ2v) is 5.36. The van der Waals surface area contributed by atoms with Crippen LogP contribution in [0, 0.1) is 0 Å². The Kier molecular flexibility index (Phi) is 4.07. The van der Waals surface area contributed by atoms with E-state index in [4.69, 9.17) is 9.15 Å². The Bertz CT molecular complexity index is 548. The monoisotopic (exact) mass is 271 g/mol. The second kappa shape index (κ2) is 6.14. The molecule has 0 fully saturated rings. The molecule has 1 aliphatic carbocycles. The number of furan rings is 1. The van der Waals surface area contributed by atoms with Gasteiger partial charge < -0.3 is 14.5 Å². The zero-order valence-corrected chi connectivity index (χ0v) is 11.9. The maximum Gasteiger partial charge on any atom is 0.119 e. The first-order valence-electron chi connectivity index (χ1n) is 7.26. The van der Waals surface area contributed by atoms with Crippen LogP contribution in [0.25, 0.3) is 0 Å². The number of ether oxygens (including phenoxy) is 1. The first kappa shape index (κ1) is 13.3. The molecule has 3 nitrogen and oxygen atoms in total. The molecule has 1 heterocycles. The molecule has 3 rings (SSSR count). The van der Waals surface area contributed by atoms with E-state index in [-0.39, 0.29) is 0 Å². The van der Waals surface area contributed by atoms with E-state index in [0.29, 0.717) is 6.04 Å². The molecule has 0 bridgehead atoms. The maximum atomic E-state index is 5.35. The van der Waals surface area contributed by atoms with Gasteiger partial charge in [-0.1, -0.05) is 6.07 Å². The summed E-state index contributed by atoms with van der Waals surface area (Å²) in [4.78, 5) is 0. The van der Waals surface area contributed by atoms with Gasteiger partial charge in [0.2, 0.25) is 0 Å². The van der Waals surface area contributed by atoms with E-state index in [1.807, 2.05) is 12.1 Å². The van der Waals surface area contributed by atoms with Crippen LogP contribution in [0.4, 0.5) is 0 Å². The number of rotatable bonds is 5. The fourth-order valence-corrected chi connectivity index (χ4v) is 2.89. The van der Waals surface area contributed by atoms with Crippen LogP contribution in [0.5, 0.6) is 5.75 Å². The Morgan fingerprint density at radius 2 is 2.25 bits per heavy atom. The number of hydrogen-bond acceptors (Lipinski definition) is 3. The summed E-state index contributed by atoms with van der Waals surface area (Å²) in [6, 6.07) is 11.0. The Balaban J connectivity index is 1.55. The third-order valence-corrected chi connectivity index (χ3v) is 4.03. The molecule has 106 valence electrons. The predicted molar refractivity (Wildman–Crippen MR) is 79.2 cm³/mol. The summed E-state index contributed by atoms with van der Waals surface area (Å²) in [5.74, 6) is 2.01. The quantitative estimate of drug-likeness (QED) is 0.908. The van der Waals surface area contributed by atoms with Gasteiger partial charge in [0.05, 0.1) is 13.4 Å². The Morgan fingerprint density at radius 1 is 1.30 bits per heavy atom. The van der Waals surface area contributed by atoms with Crippen molar-refractivity contribution >= 4 is 0 Å². The molecular formula is C17H21NO2. The molecule has 0 radical (unpaired) electrons. The van der Waals surface area contributed by atoms with Crippen LogP contribution in [0.2, 0.25) is 0 Å². The molecule has 0 saturated heterocycles. The normalized spacial score (nSPS) is 17.8. The van der Waals surface area contributed by atoms with Gasteiger partial charge in [-0.25, -0.2) is 0 Å². The second-order valence-electron chi connectivity index (χ2n) is 5.36. The lowest BCUT2D eigenvalue weighted by Crippen LogP contribution is -2.35. The van der Waals surface area contributed by atoms with E-state index in [1.54, 1.807) is 13.4 Å². The first-order chi connectivity index (χ1) is 9.85. The van der Waals surface area contributed by atoms with E-state index in [0.717, 1.165) is 37.3 Å². The number of nitrogens with one attached hydrogen (secondary N) is 1. The summed E-state index contributed by atoms with van der Waals surface area (Å²) < 4.78 is 10.7. The topological polar surface area (TPSA) is 34.4 Å². The molecule has 20 heavy (non-hydrogen) atoms. The van der Waals surface area contributed by atoms with Crippen LogP contribution >= 0.6 is 0 Å². The summed E-state index contributed by atoms with van der Waals surface area (Å²) >= 11 is 0. The highest BCUT2D eigenvalue weighted by molar-refractivity contribution is 5.37. The molecule has 0 aliphatic heterocycles. The highest BCUT2D eigenvalue weighted by atomic mass is 16.5. The number of hydrogen-bond donors (Lipinski definition) is 1. The smallest absolute Gasteiger partial charge is 0.119 e. The highest BCUT2D eigenvalue weighted by Crippen LogP contribution is 2.25. The zero-order valence-electron chi connectivity index (χ0n) is 11.9. The van der Waals surface area contributed by atoms with Crippen molar-refractivity contribution in [1.29, 1.82) is 0 Å². The van der Waals surface area contributed by atoms with Gasteiger partial charge in [-0.15, -0.1) is 0 Å². The van der Waals surface area contributed by atoms with E-state index < -0.39 is 0 Å². The summed E-state index contributed by atoms with van der Waals surface area (Å²) in [7, 11) is 1.73. The van der Waals surface area contributed by atoms with Gasteiger partial charge in [0.1, 0.15) is 11.5 Å². The number of fused-ring (bicyclic) bond motifs is 1. The molecule has 1 N–H and O–H groups in total. The average molecular weight is 271 g/mol. The van der Waals surface area contributed by atoms with E-state index in [2.05, 4.69) is 23.5 Å². The minimum atomic E-state index is 0.560. The van der Waals surface area contributed by atoms with Crippen LogP contribution < -0.4 is 10.1 Å². The highest BCUT2D eigenvalue weighted by Gasteiger charge is 2.18. The van der Waals surface area contributed by atoms with Crippen molar-refractivity contribution in [1.82, 2.24) is 5.32 Å².